The van der Waals surface area contributed by atoms with Crippen LogP contribution in [0.3, 0.4) is 0 Å². The summed E-state index contributed by atoms with van der Waals surface area (Å²) in [7, 11) is 0. The molecule has 4 N–H and O–H groups in total. The molecule has 1 saturated carbocycles. The average molecular weight is 536 g/mol. The van der Waals surface area contributed by atoms with Crippen molar-refractivity contribution in [3.63, 3.8) is 0 Å². The molecule has 0 atom stereocenters. The molecule has 4 rings (SSSR count). The molecule has 1 aliphatic rings. The number of hydrogen-bond acceptors (Lipinski definition) is 5. The normalized spacial score (nSPS) is 16.6. The van der Waals surface area contributed by atoms with Crippen LogP contribution in [-0.2, 0) is 16.1 Å². The van der Waals surface area contributed by atoms with Crippen LogP contribution in [0.15, 0.2) is 72.8 Å². The first-order chi connectivity index (χ1) is 17.9. The fourth-order valence-electron chi connectivity index (χ4n) is 4.57. The summed E-state index contributed by atoms with van der Waals surface area (Å²) in [6.07, 6.45) is 3.38. The monoisotopic (exact) mass is 535 g/mol. The van der Waals surface area contributed by atoms with Gasteiger partial charge in [-0.2, -0.15) is 0 Å². The van der Waals surface area contributed by atoms with E-state index < -0.39 is 0 Å². The molecule has 8 heteroatoms. The fourth-order valence-corrected chi connectivity index (χ4v) is 4.57. The number of guanidine groups is 1. The molecule has 0 radical (unpaired) electrons. The van der Waals surface area contributed by atoms with Gasteiger partial charge in [0.25, 0.3) is 0 Å². The van der Waals surface area contributed by atoms with E-state index in [0.29, 0.717) is 23.8 Å². The number of aryl methyl sites for hydroxylation is 1. The molecule has 0 bridgehead atoms. The maximum Gasteiger partial charge on any atom is 0.338 e. The number of benzene rings is 3. The van der Waals surface area contributed by atoms with E-state index in [0.717, 1.165) is 47.9 Å². The zero-order chi connectivity index (χ0) is 26.2. The van der Waals surface area contributed by atoms with E-state index in [1.807, 2.05) is 55.5 Å². The second-order valence-electron chi connectivity index (χ2n) is 9.54. The third kappa shape index (κ3) is 7.83. The third-order valence-electron chi connectivity index (χ3n) is 6.91. The van der Waals surface area contributed by atoms with Gasteiger partial charge in [0.2, 0.25) is 0 Å². The maximum absolute atomic E-state index is 12.6. The molecule has 7 nitrogen and oxygen atoms in total. The summed E-state index contributed by atoms with van der Waals surface area (Å²) in [5.74, 6) is 0.267. The number of rotatable bonds is 8. The van der Waals surface area contributed by atoms with Crippen LogP contribution < -0.4 is 15.8 Å². The van der Waals surface area contributed by atoms with Gasteiger partial charge in [0.15, 0.2) is 5.96 Å². The quantitative estimate of drug-likeness (QED) is 0.149. The van der Waals surface area contributed by atoms with Crippen molar-refractivity contribution in [1.82, 2.24) is 5.32 Å². The lowest BCUT2D eigenvalue weighted by Gasteiger charge is -2.27. The molecule has 0 unspecified atom stereocenters. The standard InChI is InChI=1S/C30H33N3O4.ClH/c1-20-4-2-3-5-26(20)19-36-28(34)24-12-10-22(11-13-24)23-14-16-27(17-15-23)37-29(35)25-8-6-21(7-9-25)18-33-30(31)32;/h2-5,10-17,21,25H,6-9,18-19H2,1H3,(H4,31,32,33);1H/t21-,25-;. The molecule has 3 aromatic rings. The second kappa shape index (κ2) is 13.6. The molecule has 38 heavy (non-hydrogen) atoms. The van der Waals surface area contributed by atoms with Crippen molar-refractivity contribution in [2.75, 3.05) is 6.54 Å². The van der Waals surface area contributed by atoms with Crippen molar-refractivity contribution >= 4 is 30.3 Å². The number of carbonyl (C=O) groups is 2. The van der Waals surface area contributed by atoms with E-state index in [2.05, 4.69) is 5.32 Å². The zero-order valence-corrected chi connectivity index (χ0v) is 22.3. The molecule has 200 valence electrons. The second-order valence-corrected chi connectivity index (χ2v) is 9.54. The van der Waals surface area contributed by atoms with E-state index in [1.54, 1.807) is 24.3 Å². The fraction of sp³-hybridized carbons (Fsp3) is 0.300. The molecular weight excluding hydrogens is 502 g/mol. The number of hydrogen-bond donors (Lipinski definition) is 3. The lowest BCUT2D eigenvalue weighted by atomic mass is 9.82. The minimum Gasteiger partial charge on any atom is -0.457 e. The Balaban J connectivity index is 0.00000400. The summed E-state index contributed by atoms with van der Waals surface area (Å²) in [6.45, 7) is 2.91. The topological polar surface area (TPSA) is 114 Å². The van der Waals surface area contributed by atoms with E-state index in [9.17, 15) is 9.59 Å². The molecular formula is C30H34ClN3O4. The van der Waals surface area contributed by atoms with Crippen LogP contribution >= 0.6 is 12.4 Å². The molecule has 1 fully saturated rings. The van der Waals surface area contributed by atoms with Crippen LogP contribution in [0.25, 0.3) is 11.1 Å². The van der Waals surface area contributed by atoms with Crippen molar-refractivity contribution in [3.8, 4) is 16.9 Å². The summed E-state index contributed by atoms with van der Waals surface area (Å²) in [5.41, 5.74) is 9.83. The highest BCUT2D eigenvalue weighted by molar-refractivity contribution is 5.90. The van der Waals surface area contributed by atoms with Crippen LogP contribution in [0, 0.1) is 24.2 Å². The van der Waals surface area contributed by atoms with Gasteiger partial charge < -0.3 is 20.5 Å². The number of nitrogens with two attached hydrogens (primary N) is 1. The predicted molar refractivity (Wildman–Crippen MR) is 150 cm³/mol. The van der Waals surface area contributed by atoms with Crippen molar-refractivity contribution in [2.24, 2.45) is 17.6 Å². The van der Waals surface area contributed by atoms with Gasteiger partial charge in [-0.05, 0) is 85.0 Å². The molecule has 3 aromatic carbocycles. The Morgan fingerprint density at radius 2 is 1.53 bits per heavy atom. The van der Waals surface area contributed by atoms with Crippen molar-refractivity contribution in [3.05, 3.63) is 89.5 Å². The number of carbonyl (C=O) groups excluding carboxylic acids is 2. The summed E-state index contributed by atoms with van der Waals surface area (Å²) >= 11 is 0. The maximum atomic E-state index is 12.6. The van der Waals surface area contributed by atoms with Crippen molar-refractivity contribution in [1.29, 1.82) is 5.41 Å². The largest absolute Gasteiger partial charge is 0.457 e. The zero-order valence-electron chi connectivity index (χ0n) is 21.4. The first-order valence-corrected chi connectivity index (χ1v) is 12.6. The molecule has 1 aliphatic carbocycles. The van der Waals surface area contributed by atoms with Crippen LogP contribution in [0.5, 0.6) is 5.75 Å². The van der Waals surface area contributed by atoms with Crippen LogP contribution in [0.4, 0.5) is 0 Å². The van der Waals surface area contributed by atoms with Crippen molar-refractivity contribution in [2.45, 2.75) is 39.2 Å². The van der Waals surface area contributed by atoms with Gasteiger partial charge in [0.1, 0.15) is 12.4 Å². The molecule has 0 saturated heterocycles. The highest BCUT2D eigenvalue weighted by Gasteiger charge is 2.27. The molecule has 0 spiro atoms. The smallest absolute Gasteiger partial charge is 0.338 e. The minimum absolute atomic E-state index is 0. The summed E-state index contributed by atoms with van der Waals surface area (Å²) < 4.78 is 11.1. The summed E-state index contributed by atoms with van der Waals surface area (Å²) in [5, 5.41) is 10.1. The first-order valence-electron chi connectivity index (χ1n) is 12.6. The number of nitrogens with one attached hydrogen (secondary N) is 2. The van der Waals surface area contributed by atoms with Gasteiger partial charge in [0, 0.05) is 6.54 Å². The van der Waals surface area contributed by atoms with Gasteiger partial charge in [0.05, 0.1) is 11.5 Å². The predicted octanol–water partition coefficient (Wildman–Crippen LogP) is 5.64. The summed E-state index contributed by atoms with van der Waals surface area (Å²) in [6, 6.07) is 22.5. The van der Waals surface area contributed by atoms with E-state index in [-0.39, 0.29) is 42.8 Å². The van der Waals surface area contributed by atoms with E-state index in [1.165, 1.54) is 0 Å². The van der Waals surface area contributed by atoms with Gasteiger partial charge in [-0.25, -0.2) is 4.79 Å². The highest BCUT2D eigenvalue weighted by atomic mass is 35.5. The van der Waals surface area contributed by atoms with Crippen LogP contribution in [-0.4, -0.2) is 24.4 Å². The van der Waals surface area contributed by atoms with E-state index in [4.69, 9.17) is 20.6 Å². The molecule has 0 amide bonds. The Hall–Kier alpha value is -3.84. The number of esters is 2. The highest BCUT2D eigenvalue weighted by Crippen LogP contribution is 2.30. The summed E-state index contributed by atoms with van der Waals surface area (Å²) in [4.78, 5) is 25.1. The van der Waals surface area contributed by atoms with Gasteiger partial charge in [-0.1, -0.05) is 48.5 Å². The average Bonchev–Trinajstić information content (AvgIpc) is 2.92. The molecule has 0 heterocycles. The van der Waals surface area contributed by atoms with E-state index >= 15 is 0 Å². The van der Waals surface area contributed by atoms with Crippen LogP contribution in [0.2, 0.25) is 0 Å². The third-order valence-corrected chi connectivity index (χ3v) is 6.91. The Kier molecular flexibility index (Phi) is 10.3. The molecule has 0 aromatic heterocycles. The van der Waals surface area contributed by atoms with Crippen molar-refractivity contribution < 1.29 is 19.1 Å². The lowest BCUT2D eigenvalue weighted by molar-refractivity contribution is -0.140. The lowest BCUT2D eigenvalue weighted by Crippen LogP contribution is -2.36. The van der Waals surface area contributed by atoms with Gasteiger partial charge in [-0.15, -0.1) is 12.4 Å². The van der Waals surface area contributed by atoms with Gasteiger partial charge in [-0.3, -0.25) is 10.2 Å². The Morgan fingerprint density at radius 3 is 2.13 bits per heavy atom. The number of halogens is 1. The first kappa shape index (κ1) is 28.7. The Labute approximate surface area is 229 Å². The van der Waals surface area contributed by atoms with Crippen LogP contribution in [0.1, 0.15) is 47.2 Å². The Bertz CT molecular complexity index is 1240. The van der Waals surface area contributed by atoms with Gasteiger partial charge >= 0.3 is 11.9 Å². The Morgan fingerprint density at radius 1 is 0.921 bits per heavy atom. The SMILES string of the molecule is Cc1ccccc1COC(=O)c1ccc(-c2ccc(OC(=O)[C@H]3CC[C@H](CNC(=N)N)CC3)cc2)cc1.Cl. The molecule has 0 aliphatic heterocycles. The minimum atomic E-state index is -0.360. The number of ether oxygens (including phenoxy) is 2.